The molecule has 0 saturated heterocycles. The zero-order chi connectivity index (χ0) is 37.4. The highest BCUT2D eigenvalue weighted by molar-refractivity contribution is 7.80. The van der Waals surface area contributed by atoms with Crippen LogP contribution in [-0.2, 0) is 45.0 Å². The summed E-state index contributed by atoms with van der Waals surface area (Å²) in [6.07, 6.45) is 25.1. The number of pyridine rings is 1. The van der Waals surface area contributed by atoms with Crippen LogP contribution in [0.1, 0.15) is 71.8 Å². The standard InChI is InChI=1S/C40H52N8O4S/c1-2-9-36(46-37(49)25-42-18-15-30-23-44-34-13-5-3-4-11-32(30)34)40(52)47(20-16-31-24-45-35-14-7-6-12-33(31)35)28-39(51)48(27-38(50)43-19-21-53)26-29-10-8-17-41-22-29/h4-6,8,10-13,17,22-24,36,42,44-45,53H,2-3,7,9,14-16,18-21,25-28H2,1H3,(H,43,50)(H,46,49). The number of H-pyrrole nitrogens is 2. The molecular weight excluding hydrogens is 689 g/mol. The van der Waals surface area contributed by atoms with E-state index in [0.717, 1.165) is 53.8 Å². The fourth-order valence-electron chi connectivity index (χ4n) is 6.65. The zero-order valence-electron chi connectivity index (χ0n) is 30.5. The fourth-order valence-corrected chi connectivity index (χ4v) is 6.76. The highest BCUT2D eigenvalue weighted by Crippen LogP contribution is 2.23. The van der Waals surface area contributed by atoms with Gasteiger partial charge < -0.3 is 35.7 Å². The maximum atomic E-state index is 14.3. The molecule has 0 radical (unpaired) electrons. The van der Waals surface area contributed by atoms with E-state index in [1.54, 1.807) is 18.5 Å². The number of fused-ring (bicyclic) bond motifs is 2. The van der Waals surface area contributed by atoms with E-state index in [2.05, 4.69) is 80.0 Å². The molecule has 5 N–H and O–H groups in total. The highest BCUT2D eigenvalue weighted by Gasteiger charge is 2.29. The number of aromatic nitrogens is 3. The Morgan fingerprint density at radius 3 is 2.57 bits per heavy atom. The first-order chi connectivity index (χ1) is 25.9. The predicted octanol–water partition coefficient (Wildman–Crippen LogP) is 3.69. The summed E-state index contributed by atoms with van der Waals surface area (Å²) in [5.41, 5.74) is 7.53. The summed E-state index contributed by atoms with van der Waals surface area (Å²) in [6.45, 7) is 2.95. The van der Waals surface area contributed by atoms with Gasteiger partial charge in [0.05, 0.1) is 19.6 Å². The van der Waals surface area contributed by atoms with Crippen molar-refractivity contribution in [2.75, 3.05) is 45.0 Å². The summed E-state index contributed by atoms with van der Waals surface area (Å²) in [6, 6.07) is 2.80. The molecule has 5 rings (SSSR count). The Morgan fingerprint density at radius 1 is 0.943 bits per heavy atom. The first kappa shape index (κ1) is 39.3. The molecule has 1 atom stereocenters. The molecule has 0 aliphatic heterocycles. The van der Waals surface area contributed by atoms with Gasteiger partial charge in [0.25, 0.3) is 0 Å². The second-order valence-electron chi connectivity index (χ2n) is 13.4. The third-order valence-electron chi connectivity index (χ3n) is 9.39. The molecule has 282 valence electrons. The summed E-state index contributed by atoms with van der Waals surface area (Å²) < 4.78 is 0. The zero-order valence-corrected chi connectivity index (χ0v) is 31.4. The second kappa shape index (κ2) is 20.4. The van der Waals surface area contributed by atoms with Crippen LogP contribution in [0.3, 0.4) is 0 Å². The smallest absolute Gasteiger partial charge is 0.245 e. The Morgan fingerprint density at radius 2 is 1.75 bits per heavy atom. The number of nitrogens with one attached hydrogen (secondary N) is 5. The summed E-state index contributed by atoms with van der Waals surface area (Å²) in [7, 11) is 0. The lowest BCUT2D eigenvalue weighted by Gasteiger charge is -2.30. The van der Waals surface area contributed by atoms with Gasteiger partial charge in [-0.15, -0.1) is 0 Å². The topological polar surface area (TPSA) is 155 Å². The number of amides is 4. The predicted molar refractivity (Wildman–Crippen MR) is 212 cm³/mol. The van der Waals surface area contributed by atoms with Crippen LogP contribution in [0.5, 0.6) is 0 Å². The highest BCUT2D eigenvalue weighted by atomic mass is 32.1. The van der Waals surface area contributed by atoms with Crippen LogP contribution < -0.4 is 16.0 Å². The Kier molecular flexibility index (Phi) is 15.1. The van der Waals surface area contributed by atoms with E-state index in [1.165, 1.54) is 20.9 Å². The average molecular weight is 741 g/mol. The van der Waals surface area contributed by atoms with E-state index < -0.39 is 6.04 Å². The minimum Gasteiger partial charge on any atom is -0.364 e. The third kappa shape index (κ3) is 11.6. The lowest BCUT2D eigenvalue weighted by atomic mass is 10.00. The lowest BCUT2D eigenvalue weighted by Crippen LogP contribution is -2.53. The molecule has 12 nitrogen and oxygen atoms in total. The van der Waals surface area contributed by atoms with Crippen LogP contribution in [0, 0.1) is 0 Å². The van der Waals surface area contributed by atoms with Crippen LogP contribution in [0.2, 0.25) is 0 Å². The second-order valence-corrected chi connectivity index (χ2v) is 13.8. The van der Waals surface area contributed by atoms with Gasteiger partial charge in [-0.2, -0.15) is 12.6 Å². The molecule has 0 spiro atoms. The van der Waals surface area contributed by atoms with E-state index in [1.807, 2.05) is 25.4 Å². The number of hydrogen-bond donors (Lipinski definition) is 6. The van der Waals surface area contributed by atoms with Gasteiger partial charge in [0.15, 0.2) is 0 Å². The third-order valence-corrected chi connectivity index (χ3v) is 9.61. The average Bonchev–Trinajstić information content (AvgIpc) is 3.68. The number of nitrogens with zero attached hydrogens (tertiary/aromatic N) is 3. The molecule has 0 aromatic carbocycles. The molecule has 0 bridgehead atoms. The maximum Gasteiger partial charge on any atom is 0.245 e. The van der Waals surface area contributed by atoms with E-state index in [4.69, 9.17) is 0 Å². The Labute approximate surface area is 317 Å². The van der Waals surface area contributed by atoms with E-state index >= 15 is 0 Å². The molecule has 3 heterocycles. The van der Waals surface area contributed by atoms with Gasteiger partial charge in [-0.1, -0.05) is 49.8 Å². The summed E-state index contributed by atoms with van der Waals surface area (Å²) >= 11 is 4.18. The van der Waals surface area contributed by atoms with Gasteiger partial charge in [0, 0.05) is 67.1 Å². The van der Waals surface area contributed by atoms with Gasteiger partial charge in [-0.05, 0) is 79.5 Å². The van der Waals surface area contributed by atoms with Crippen molar-refractivity contribution in [2.24, 2.45) is 0 Å². The van der Waals surface area contributed by atoms with Gasteiger partial charge in [-0.3, -0.25) is 24.2 Å². The molecule has 0 saturated carbocycles. The first-order valence-electron chi connectivity index (χ1n) is 18.6. The molecule has 2 aliphatic carbocycles. The molecule has 4 amide bonds. The lowest BCUT2D eigenvalue weighted by molar-refractivity contribution is -0.144. The molecular formula is C40H52N8O4S. The van der Waals surface area contributed by atoms with Gasteiger partial charge in [-0.25, -0.2) is 0 Å². The van der Waals surface area contributed by atoms with E-state index in [-0.39, 0.29) is 56.4 Å². The largest absolute Gasteiger partial charge is 0.364 e. The molecule has 2 aliphatic rings. The van der Waals surface area contributed by atoms with Gasteiger partial charge in [0.1, 0.15) is 6.04 Å². The van der Waals surface area contributed by atoms with Crippen molar-refractivity contribution in [3.63, 3.8) is 0 Å². The van der Waals surface area contributed by atoms with Crippen molar-refractivity contribution in [1.82, 2.24) is 40.7 Å². The Bertz CT molecular complexity index is 1780. The molecule has 13 heteroatoms. The number of hydrogen-bond acceptors (Lipinski definition) is 7. The van der Waals surface area contributed by atoms with Crippen LogP contribution in [0.15, 0.2) is 55.1 Å². The Balaban J connectivity index is 1.27. The number of carbonyl (C=O) groups excluding carboxylic acids is 4. The van der Waals surface area contributed by atoms with E-state index in [0.29, 0.717) is 38.1 Å². The van der Waals surface area contributed by atoms with Crippen molar-refractivity contribution in [3.05, 3.63) is 94.4 Å². The van der Waals surface area contributed by atoms with Crippen molar-refractivity contribution < 1.29 is 19.2 Å². The van der Waals surface area contributed by atoms with Crippen LogP contribution in [0.4, 0.5) is 0 Å². The Hall–Kier alpha value is -4.88. The first-order valence-corrected chi connectivity index (χ1v) is 19.2. The summed E-state index contributed by atoms with van der Waals surface area (Å²) in [5, 5.41) is 8.95. The minimum atomic E-state index is -0.815. The van der Waals surface area contributed by atoms with Crippen molar-refractivity contribution in [3.8, 4) is 0 Å². The number of carbonyl (C=O) groups is 4. The molecule has 1 unspecified atom stereocenters. The van der Waals surface area contributed by atoms with E-state index in [9.17, 15) is 19.2 Å². The summed E-state index contributed by atoms with van der Waals surface area (Å²) in [4.78, 5) is 68.2. The number of rotatable bonds is 20. The normalized spacial score (nSPS) is 13.5. The molecule has 3 aromatic rings. The molecule has 0 fully saturated rings. The number of thiol groups is 1. The molecule has 53 heavy (non-hydrogen) atoms. The van der Waals surface area contributed by atoms with Crippen LogP contribution >= 0.6 is 12.6 Å². The number of aryl methyl sites for hydroxylation is 1. The van der Waals surface area contributed by atoms with Crippen LogP contribution in [0.25, 0.3) is 18.2 Å². The van der Waals surface area contributed by atoms with Crippen molar-refractivity contribution >= 4 is 54.5 Å². The monoisotopic (exact) mass is 740 g/mol. The number of allylic oxidation sites excluding steroid dienone is 3. The quantitative estimate of drug-likeness (QED) is 0.0768. The van der Waals surface area contributed by atoms with Gasteiger partial charge in [0.2, 0.25) is 23.6 Å². The molecule has 3 aromatic heterocycles. The maximum absolute atomic E-state index is 14.3. The minimum absolute atomic E-state index is 0.0525. The van der Waals surface area contributed by atoms with Gasteiger partial charge >= 0.3 is 0 Å². The van der Waals surface area contributed by atoms with Crippen molar-refractivity contribution in [2.45, 2.75) is 64.5 Å². The summed E-state index contributed by atoms with van der Waals surface area (Å²) in [5.74, 6) is -0.849. The SMILES string of the molecule is CCCC(NC(=O)CNCCc1c[nH]c2c1C=CCC=C2)C(=O)N(CCc1c[nH]c2c1C=CCC2)CC(=O)N(CC(=O)NCCS)Cc1cccnc1. The fraction of sp³-hybridized carbons (Fsp3) is 0.425. The van der Waals surface area contributed by atoms with Crippen LogP contribution in [-0.4, -0.2) is 99.4 Å². The van der Waals surface area contributed by atoms with Crippen molar-refractivity contribution in [1.29, 1.82) is 0 Å². The number of aromatic amines is 2.